The van der Waals surface area contributed by atoms with E-state index in [1.54, 1.807) is 42.4 Å². The van der Waals surface area contributed by atoms with Crippen molar-refractivity contribution in [1.82, 2.24) is 15.3 Å². The third-order valence-corrected chi connectivity index (χ3v) is 9.79. The normalized spacial score (nSPS) is 17.0. The molecule has 4 aromatic carbocycles. The van der Waals surface area contributed by atoms with Crippen LogP contribution in [0, 0.1) is 0 Å². The van der Waals surface area contributed by atoms with Gasteiger partial charge in [0.05, 0.1) is 30.2 Å². The second-order valence-electron chi connectivity index (χ2n) is 12.6. The number of ether oxygens (including phenoxy) is 2. The summed E-state index contributed by atoms with van der Waals surface area (Å²) < 4.78 is 13.0. The summed E-state index contributed by atoms with van der Waals surface area (Å²) in [6, 6.07) is 33.1. The van der Waals surface area contributed by atoms with Gasteiger partial charge >= 0.3 is 0 Å². The van der Waals surface area contributed by atoms with Gasteiger partial charge in [0.1, 0.15) is 0 Å². The molecule has 3 atom stereocenters. The molecule has 52 heavy (non-hydrogen) atoms. The number of hydrogen-bond donors (Lipinski definition) is 4. The number of carbonyl (C=O) groups excluding carboxylic acids is 2. The first-order valence-electron chi connectivity index (χ1n) is 17.4. The number of nitrogen functional groups attached to an aromatic ring is 1. The summed E-state index contributed by atoms with van der Waals surface area (Å²) >= 11 is 1.56. The average molecular weight is 718 g/mol. The summed E-state index contributed by atoms with van der Waals surface area (Å²) in [5.74, 6) is 0.512. The van der Waals surface area contributed by atoms with Crippen LogP contribution in [-0.4, -0.2) is 38.7 Å². The van der Waals surface area contributed by atoms with Gasteiger partial charge in [0.15, 0.2) is 11.4 Å². The van der Waals surface area contributed by atoms with Crippen LogP contribution in [0.3, 0.4) is 0 Å². The Labute approximate surface area is 308 Å². The molecule has 6 rings (SSSR count). The maximum Gasteiger partial charge on any atom is 0.224 e. The second kappa shape index (κ2) is 18.4. The first-order valence-corrected chi connectivity index (χ1v) is 18.4. The Balaban J connectivity index is 1.02. The van der Waals surface area contributed by atoms with Crippen molar-refractivity contribution in [3.63, 3.8) is 0 Å². The molecule has 2 amide bonds. The molecule has 10 nitrogen and oxygen atoms in total. The Morgan fingerprint density at radius 2 is 1.52 bits per heavy atom. The molecule has 1 fully saturated rings. The summed E-state index contributed by atoms with van der Waals surface area (Å²) in [7, 11) is 0. The molecule has 0 spiro atoms. The van der Waals surface area contributed by atoms with Gasteiger partial charge in [0.2, 0.25) is 11.8 Å². The summed E-state index contributed by atoms with van der Waals surface area (Å²) in [6.07, 6.45) is 5.20. The van der Waals surface area contributed by atoms with E-state index in [1.165, 1.54) is 0 Å². The number of amides is 2. The number of hydrogen-bond acceptors (Lipinski definition) is 9. The van der Waals surface area contributed by atoms with Crippen LogP contribution in [0.15, 0.2) is 121 Å². The van der Waals surface area contributed by atoms with Crippen molar-refractivity contribution >= 4 is 35.0 Å². The lowest BCUT2D eigenvalue weighted by molar-refractivity contribution is -0.245. The first kappa shape index (κ1) is 36.7. The molecular formula is C41H43N5O5S. The zero-order valence-electron chi connectivity index (χ0n) is 28.8. The summed E-state index contributed by atoms with van der Waals surface area (Å²) in [5, 5.41) is 16.0. The molecule has 0 aliphatic carbocycles. The van der Waals surface area contributed by atoms with Crippen LogP contribution in [-0.2, 0) is 32.2 Å². The first-order chi connectivity index (χ1) is 25.4. The van der Waals surface area contributed by atoms with Crippen LogP contribution >= 0.6 is 11.8 Å². The Bertz CT molecular complexity index is 1910. The minimum atomic E-state index is -0.564. The van der Waals surface area contributed by atoms with Crippen molar-refractivity contribution in [3.8, 4) is 11.1 Å². The lowest BCUT2D eigenvalue weighted by Gasteiger charge is -2.36. The fraction of sp³-hybridized carbons (Fsp3) is 0.268. The number of anilines is 2. The van der Waals surface area contributed by atoms with Gasteiger partial charge in [-0.2, -0.15) is 0 Å². The predicted molar refractivity (Wildman–Crippen MR) is 203 cm³/mol. The van der Waals surface area contributed by atoms with Gasteiger partial charge < -0.3 is 30.9 Å². The van der Waals surface area contributed by atoms with Crippen LogP contribution < -0.4 is 16.4 Å². The summed E-state index contributed by atoms with van der Waals surface area (Å²) in [6.45, 7) is 0.406. The third kappa shape index (κ3) is 10.5. The average Bonchev–Trinajstić information content (AvgIpc) is 3.19. The highest BCUT2D eigenvalue weighted by Crippen LogP contribution is 2.39. The number of unbranched alkanes of at least 4 members (excludes halogenated alkanes) is 1. The molecule has 0 radical (unpaired) electrons. The van der Waals surface area contributed by atoms with Gasteiger partial charge in [-0.3, -0.25) is 9.59 Å². The van der Waals surface area contributed by atoms with E-state index >= 15 is 0 Å². The van der Waals surface area contributed by atoms with Gasteiger partial charge in [-0.1, -0.05) is 90.6 Å². The van der Waals surface area contributed by atoms with Crippen molar-refractivity contribution in [2.75, 3.05) is 16.8 Å². The van der Waals surface area contributed by atoms with E-state index in [-0.39, 0.29) is 30.6 Å². The molecular weight excluding hydrogens is 675 g/mol. The maximum atomic E-state index is 12.5. The van der Waals surface area contributed by atoms with Crippen molar-refractivity contribution in [3.05, 3.63) is 138 Å². The molecule has 11 heteroatoms. The van der Waals surface area contributed by atoms with E-state index in [2.05, 4.69) is 38.8 Å². The minimum absolute atomic E-state index is 0.00661. The Morgan fingerprint density at radius 1 is 0.788 bits per heavy atom. The van der Waals surface area contributed by atoms with Gasteiger partial charge in [0, 0.05) is 49.5 Å². The highest BCUT2D eigenvalue weighted by atomic mass is 32.2. The molecule has 1 aliphatic heterocycles. The second-order valence-corrected chi connectivity index (χ2v) is 13.6. The molecule has 0 bridgehead atoms. The van der Waals surface area contributed by atoms with E-state index in [1.807, 2.05) is 66.7 Å². The predicted octanol–water partition coefficient (Wildman–Crippen LogP) is 7.37. The van der Waals surface area contributed by atoms with Crippen LogP contribution in [0.4, 0.5) is 11.4 Å². The van der Waals surface area contributed by atoms with Crippen molar-refractivity contribution in [1.29, 1.82) is 0 Å². The Kier molecular flexibility index (Phi) is 13.0. The number of para-hydroxylation sites is 2. The number of nitrogens with two attached hydrogens (primary N) is 1. The van der Waals surface area contributed by atoms with E-state index in [4.69, 9.17) is 15.2 Å². The zero-order valence-corrected chi connectivity index (χ0v) is 29.6. The van der Waals surface area contributed by atoms with Crippen LogP contribution in [0.1, 0.15) is 66.8 Å². The number of aromatic nitrogens is 2. The fourth-order valence-electron chi connectivity index (χ4n) is 5.93. The highest BCUT2D eigenvalue weighted by Gasteiger charge is 2.32. The van der Waals surface area contributed by atoms with Gasteiger partial charge in [-0.05, 0) is 64.9 Å². The molecule has 1 aromatic heterocycles. The van der Waals surface area contributed by atoms with E-state index in [0.29, 0.717) is 60.9 Å². The zero-order chi connectivity index (χ0) is 36.1. The van der Waals surface area contributed by atoms with Crippen LogP contribution in [0.5, 0.6) is 0 Å². The topological polar surface area (TPSA) is 149 Å². The molecule has 5 N–H and O–H groups in total. The van der Waals surface area contributed by atoms with Gasteiger partial charge in [0.25, 0.3) is 0 Å². The van der Waals surface area contributed by atoms with Crippen molar-refractivity contribution < 1.29 is 24.2 Å². The minimum Gasteiger partial charge on any atom is -0.397 e. The molecule has 268 valence electrons. The largest absolute Gasteiger partial charge is 0.397 e. The lowest BCUT2D eigenvalue weighted by atomic mass is 9.99. The summed E-state index contributed by atoms with van der Waals surface area (Å²) in [5.41, 5.74) is 12.9. The fourth-order valence-corrected chi connectivity index (χ4v) is 6.75. The molecule has 1 aliphatic rings. The van der Waals surface area contributed by atoms with Crippen molar-refractivity contribution in [2.24, 2.45) is 0 Å². The number of thioether (sulfide) groups is 1. The molecule has 1 saturated heterocycles. The van der Waals surface area contributed by atoms with Crippen molar-refractivity contribution in [2.45, 2.75) is 68.9 Å². The molecule has 0 unspecified atom stereocenters. The lowest BCUT2D eigenvalue weighted by Crippen LogP contribution is -2.31. The Morgan fingerprint density at radius 3 is 2.27 bits per heavy atom. The number of carbonyl (C=O) groups is 2. The van der Waals surface area contributed by atoms with E-state index < -0.39 is 6.29 Å². The van der Waals surface area contributed by atoms with E-state index in [0.717, 1.165) is 33.4 Å². The van der Waals surface area contributed by atoms with Gasteiger partial charge in [-0.15, -0.1) is 0 Å². The monoisotopic (exact) mass is 717 g/mol. The van der Waals surface area contributed by atoms with Crippen LogP contribution in [0.25, 0.3) is 11.1 Å². The quantitative estimate of drug-likeness (QED) is 0.0377. The summed E-state index contributed by atoms with van der Waals surface area (Å²) in [4.78, 5) is 33.5. The number of nitrogens with zero attached hydrogens (tertiary/aromatic N) is 2. The highest BCUT2D eigenvalue weighted by molar-refractivity contribution is 7.99. The number of benzene rings is 4. The SMILES string of the molecule is Nc1ccccc1NC(=O)CCCCC(=O)NCc1cccc(-c2ccc([C@H]3O[C@@H](CSc4ncccn4)C[C@@H](c4ccc(CO)cc4)O3)cc2)c1. The molecule has 0 saturated carbocycles. The Hall–Kier alpha value is -5.07. The van der Waals surface area contributed by atoms with E-state index in [9.17, 15) is 14.7 Å². The number of aliphatic hydroxyl groups excluding tert-OH is 1. The molecule has 2 heterocycles. The standard InChI is InChI=1S/C41H43N5O5S/c42-35-9-1-2-10-36(35)46-39(49)12-4-3-11-38(48)45-25-29-7-5-8-33(23-29)30-17-19-32(20-18-30)40-50-34(27-52-41-43-21-6-22-44-41)24-37(51-40)31-15-13-28(26-47)14-16-31/h1-2,5-10,13-23,34,37,40,47H,3-4,11-12,24-27,42H2,(H,45,48)(H,46,49)/t34-,37+,40+/m1/s1. The van der Waals surface area contributed by atoms with Crippen LogP contribution in [0.2, 0.25) is 0 Å². The van der Waals surface area contributed by atoms with Gasteiger partial charge in [-0.25, -0.2) is 9.97 Å². The third-order valence-electron chi connectivity index (χ3n) is 8.78. The smallest absolute Gasteiger partial charge is 0.224 e. The maximum absolute atomic E-state index is 12.5. The number of rotatable bonds is 15. The molecule has 5 aromatic rings. The number of nitrogens with one attached hydrogen (secondary N) is 2. The number of aliphatic hydroxyl groups is 1.